The van der Waals surface area contributed by atoms with E-state index in [1.807, 2.05) is 91.0 Å². The van der Waals surface area contributed by atoms with E-state index < -0.39 is 29.7 Å². The van der Waals surface area contributed by atoms with E-state index in [0.717, 1.165) is 53.7 Å². The van der Waals surface area contributed by atoms with E-state index in [0.29, 0.717) is 48.8 Å². The van der Waals surface area contributed by atoms with Crippen molar-refractivity contribution in [1.82, 2.24) is 4.90 Å². The molecule has 0 radical (unpaired) electrons. The summed E-state index contributed by atoms with van der Waals surface area (Å²) < 4.78 is 47.7. The number of amides is 1. The Morgan fingerprint density at radius 3 is 2.22 bits per heavy atom. The van der Waals surface area contributed by atoms with Crippen molar-refractivity contribution < 1.29 is 47.9 Å². The smallest absolute Gasteiger partial charge is 0.410 e. The lowest BCUT2D eigenvalue weighted by Crippen LogP contribution is -2.70. The molecule has 2 aliphatic carbocycles. The number of thioether (sulfide) groups is 1. The number of hydrogen-bond acceptors (Lipinski definition) is 11. The second-order valence-corrected chi connectivity index (χ2v) is 19.6. The number of aliphatic hydroxyl groups excluding tert-OH is 2. The maximum atomic E-state index is 15.0. The molecular formula is C59H67FN2O9S. The van der Waals surface area contributed by atoms with E-state index in [1.165, 1.54) is 17.0 Å². The van der Waals surface area contributed by atoms with E-state index >= 15 is 4.79 Å². The van der Waals surface area contributed by atoms with Crippen molar-refractivity contribution in [2.75, 3.05) is 45.4 Å². The Morgan fingerprint density at radius 1 is 0.819 bits per heavy atom. The molecule has 13 heteroatoms. The molecule has 0 saturated heterocycles. The van der Waals surface area contributed by atoms with Gasteiger partial charge in [-0.05, 0) is 102 Å². The van der Waals surface area contributed by atoms with Crippen LogP contribution in [0.4, 0.5) is 9.18 Å². The molecule has 0 aromatic heterocycles. The third-order valence-electron chi connectivity index (χ3n) is 13.7. The number of hydrogen-bond donors (Lipinski definition) is 2. The third-order valence-corrected chi connectivity index (χ3v) is 14.7. The van der Waals surface area contributed by atoms with Crippen molar-refractivity contribution in [3.8, 4) is 11.5 Å². The van der Waals surface area contributed by atoms with Crippen LogP contribution in [0.1, 0.15) is 73.1 Å². The van der Waals surface area contributed by atoms with Gasteiger partial charge in [0, 0.05) is 48.3 Å². The van der Waals surface area contributed by atoms with Crippen molar-refractivity contribution in [3.63, 3.8) is 0 Å². The maximum Gasteiger partial charge on any atom is 0.410 e. The van der Waals surface area contributed by atoms with Gasteiger partial charge in [0.05, 0.1) is 38.1 Å². The van der Waals surface area contributed by atoms with E-state index in [2.05, 4.69) is 30.9 Å². The van der Waals surface area contributed by atoms with Crippen LogP contribution in [0.2, 0.25) is 0 Å². The number of allylic oxidation sites excluding steroid dienone is 1. The summed E-state index contributed by atoms with van der Waals surface area (Å²) in [5.41, 5.74) is 5.11. The first-order chi connectivity index (χ1) is 35.4. The first kappa shape index (κ1) is 52.4. The Kier molecular flexibility index (Phi) is 19.4. The van der Waals surface area contributed by atoms with Crippen LogP contribution in [0.3, 0.4) is 0 Å². The molecule has 5 aromatic rings. The lowest BCUT2D eigenvalue weighted by Gasteiger charge is -2.59. The van der Waals surface area contributed by atoms with Gasteiger partial charge in [0.1, 0.15) is 36.6 Å². The van der Waals surface area contributed by atoms with Crippen LogP contribution >= 0.6 is 11.8 Å². The van der Waals surface area contributed by atoms with Crippen LogP contribution in [-0.2, 0) is 38.8 Å². The van der Waals surface area contributed by atoms with E-state index in [1.54, 1.807) is 34.9 Å². The largest absolute Gasteiger partial charge is 0.493 e. The molecule has 0 bridgehead atoms. The Morgan fingerprint density at radius 2 is 1.51 bits per heavy atom. The average molecular weight is 999 g/mol. The molecule has 1 amide bonds. The monoisotopic (exact) mass is 998 g/mol. The number of fused-ring (bicyclic) bond motifs is 2. The number of ether oxygens (including phenoxy) is 5. The number of carbonyl (C=O) groups excluding carboxylic acids is 1. The van der Waals surface area contributed by atoms with E-state index in [-0.39, 0.29) is 70.4 Å². The minimum atomic E-state index is -1.54. The topological polar surface area (TPSA) is 129 Å². The van der Waals surface area contributed by atoms with Crippen LogP contribution in [0, 0.1) is 23.6 Å². The molecule has 1 aliphatic heterocycles. The number of nitrogens with zero attached hydrogens (tertiary/aromatic N) is 2. The van der Waals surface area contributed by atoms with Crippen molar-refractivity contribution in [3.05, 3.63) is 186 Å². The van der Waals surface area contributed by atoms with Crippen LogP contribution in [0.15, 0.2) is 168 Å². The van der Waals surface area contributed by atoms with Crippen LogP contribution in [0.5, 0.6) is 11.5 Å². The molecule has 8 rings (SSSR count). The lowest BCUT2D eigenvalue weighted by molar-refractivity contribution is -0.256. The summed E-state index contributed by atoms with van der Waals surface area (Å²) in [6, 6.07) is 41.1. The summed E-state index contributed by atoms with van der Waals surface area (Å²) in [7, 11) is 0. The summed E-state index contributed by atoms with van der Waals surface area (Å²) in [4.78, 5) is 24.1. The highest BCUT2D eigenvalue weighted by molar-refractivity contribution is 7.99. The summed E-state index contributed by atoms with van der Waals surface area (Å²) in [5, 5.41) is 25.1. The van der Waals surface area contributed by atoms with Crippen molar-refractivity contribution >= 4 is 23.6 Å². The molecular weight excluding hydrogens is 932 g/mol. The molecule has 11 nitrogen and oxygen atoms in total. The van der Waals surface area contributed by atoms with Gasteiger partial charge in [-0.25, -0.2) is 9.18 Å². The number of benzene rings is 5. The second-order valence-electron chi connectivity index (χ2n) is 18.4. The molecule has 72 heavy (non-hydrogen) atoms. The fraction of sp³-hybridized carbons (Fsp3) is 0.390. The highest BCUT2D eigenvalue weighted by Crippen LogP contribution is 2.62. The summed E-state index contributed by atoms with van der Waals surface area (Å²) >= 11 is 1.73. The maximum absolute atomic E-state index is 15.0. The summed E-state index contributed by atoms with van der Waals surface area (Å²) in [6.45, 7) is 5.50. The van der Waals surface area contributed by atoms with Crippen LogP contribution in [-0.4, -0.2) is 84.1 Å². The summed E-state index contributed by atoms with van der Waals surface area (Å²) in [6.07, 6.45) is 7.96. The standard InChI is InChI=1S/C59H67FN2O9S/c1-2-32-69-59-55(62(40-43-24-26-47(60)27-25-43)58(65)68-34-33-66-41-44-16-6-3-7-17-44)39-53(61-70-42-45-18-8-4-9-19-45)51-37-46(20-12-14-30-63)50(23-13-15-31-64)56(57(51)59)52-38-48(28-29-54(52)71-59)67-35-36-72-49-21-10-5-11-22-49/h2-11,16-19,21-22,24-29,37-38,46,50,55-57,63-64H,1,12-15,20,23,30-36,39-42H2/t46-,50+,55-,56+,57+,59+/m0/s1. The van der Waals surface area contributed by atoms with Crippen molar-refractivity contribution in [2.45, 2.75) is 87.3 Å². The first-order valence-electron chi connectivity index (χ1n) is 25.2. The number of unbranched alkanes of at least 4 members (excludes halogenated alkanes) is 2. The molecule has 1 heterocycles. The zero-order valence-corrected chi connectivity index (χ0v) is 41.7. The molecule has 5 aromatic carbocycles. The van der Waals surface area contributed by atoms with E-state index in [9.17, 15) is 14.6 Å². The third kappa shape index (κ3) is 13.4. The van der Waals surface area contributed by atoms with Crippen LogP contribution in [0.25, 0.3) is 0 Å². The fourth-order valence-electron chi connectivity index (χ4n) is 10.5. The van der Waals surface area contributed by atoms with Gasteiger partial charge >= 0.3 is 6.09 Å². The van der Waals surface area contributed by atoms with Crippen LogP contribution < -0.4 is 9.47 Å². The lowest BCUT2D eigenvalue weighted by atomic mass is 9.55. The predicted octanol–water partition coefficient (Wildman–Crippen LogP) is 11.7. The minimum Gasteiger partial charge on any atom is -0.493 e. The highest BCUT2D eigenvalue weighted by Gasteiger charge is 2.65. The Hall–Kier alpha value is -5.96. The Labute approximate surface area is 427 Å². The van der Waals surface area contributed by atoms with Gasteiger partial charge in [0.25, 0.3) is 0 Å². The Bertz CT molecular complexity index is 2530. The second kappa shape index (κ2) is 26.7. The van der Waals surface area contributed by atoms with Gasteiger partial charge in [0.15, 0.2) is 0 Å². The van der Waals surface area contributed by atoms with Gasteiger partial charge < -0.3 is 38.7 Å². The predicted molar refractivity (Wildman–Crippen MR) is 278 cm³/mol. The van der Waals surface area contributed by atoms with Gasteiger partial charge in [-0.15, -0.1) is 18.3 Å². The van der Waals surface area contributed by atoms with E-state index in [4.69, 9.17) is 33.7 Å². The molecule has 0 unspecified atom stereocenters. The Balaban J connectivity index is 1.24. The normalized spacial score (nSPS) is 21.4. The zero-order chi connectivity index (χ0) is 50.0. The number of halogens is 1. The van der Waals surface area contributed by atoms with Crippen molar-refractivity contribution in [2.24, 2.45) is 22.9 Å². The molecule has 2 N–H and O–H groups in total. The molecule has 3 aliphatic rings. The molecule has 380 valence electrons. The van der Waals surface area contributed by atoms with Gasteiger partial charge in [0.2, 0.25) is 5.79 Å². The molecule has 6 atom stereocenters. The van der Waals surface area contributed by atoms with Gasteiger partial charge in [-0.2, -0.15) is 0 Å². The molecule has 1 fully saturated rings. The zero-order valence-electron chi connectivity index (χ0n) is 40.9. The van der Waals surface area contributed by atoms with Gasteiger partial charge in [-0.3, -0.25) is 4.90 Å². The SMILES string of the molecule is C=CCO[C@@]12Oc3ccc(OCCSc4ccccc4)cc3[C@H]3[C@H](CCCCO)[C@@H](CCCCO)C=C(C(=NOCc4ccccc4)C[C@@H]1N(Cc1ccc(F)cc1)C(=O)OCCOCc1ccccc1)[C@H]32. The van der Waals surface area contributed by atoms with Crippen molar-refractivity contribution in [1.29, 1.82) is 0 Å². The number of aliphatic hydroxyl groups is 2. The highest BCUT2D eigenvalue weighted by atomic mass is 32.2. The average Bonchev–Trinajstić information content (AvgIpc) is 3.41. The first-order valence-corrected chi connectivity index (χ1v) is 26.2. The minimum absolute atomic E-state index is 0.00624. The van der Waals surface area contributed by atoms with Gasteiger partial charge in [-0.1, -0.05) is 121 Å². The number of carbonyl (C=O) groups is 1. The quantitative estimate of drug-likeness (QED) is 0.0227. The fourth-order valence-corrected chi connectivity index (χ4v) is 11.2. The number of oxime groups is 1. The summed E-state index contributed by atoms with van der Waals surface area (Å²) in [5.74, 6) is -0.675. The molecule has 1 saturated carbocycles. The number of rotatable bonds is 27. The molecule has 0 spiro atoms.